The second-order valence-electron chi connectivity index (χ2n) is 3.80. The number of benzene rings is 1. The Hall–Kier alpha value is -1.40. The zero-order valence-corrected chi connectivity index (χ0v) is 11.1. The molecule has 5 nitrogen and oxygen atoms in total. The first kappa shape index (κ1) is 14.7. The number of aliphatic hydroxyl groups excluding tert-OH is 1. The van der Waals surface area contributed by atoms with E-state index in [0.29, 0.717) is 28.4 Å². The summed E-state index contributed by atoms with van der Waals surface area (Å²) in [4.78, 5) is 21.3. The van der Waals surface area contributed by atoms with Gasteiger partial charge in [-0.15, -0.1) is 0 Å². The first-order valence-corrected chi connectivity index (χ1v) is 6.38. The predicted molar refractivity (Wildman–Crippen MR) is 67.6 cm³/mol. The van der Waals surface area contributed by atoms with Gasteiger partial charge in [0.1, 0.15) is 0 Å². The van der Waals surface area contributed by atoms with Crippen LogP contribution in [0.1, 0.15) is 29.2 Å². The number of hydrogen-bond acceptors (Lipinski definition) is 3. The first-order valence-electron chi connectivity index (χ1n) is 5.26. The Balaban J connectivity index is 3.01. The number of carboxylic acid groups (broad SMARTS) is 2. The molecule has 0 bridgehead atoms. The molecule has 6 heteroatoms. The number of aliphatic carboxylic acids is 2. The largest absolute Gasteiger partial charge is 0.481 e. The van der Waals surface area contributed by atoms with E-state index in [1.165, 1.54) is 0 Å². The van der Waals surface area contributed by atoms with Gasteiger partial charge in [-0.05, 0) is 23.1 Å². The zero-order valence-electron chi connectivity index (χ0n) is 9.47. The quantitative estimate of drug-likeness (QED) is 0.694. The van der Waals surface area contributed by atoms with Crippen molar-refractivity contribution in [3.8, 4) is 0 Å². The van der Waals surface area contributed by atoms with Gasteiger partial charge in [-0.1, -0.05) is 34.1 Å². The van der Waals surface area contributed by atoms with Gasteiger partial charge in [0, 0.05) is 11.8 Å². The van der Waals surface area contributed by atoms with Crippen molar-refractivity contribution in [2.75, 3.05) is 0 Å². The number of halogens is 1. The van der Waals surface area contributed by atoms with Crippen molar-refractivity contribution in [3.63, 3.8) is 0 Å². The molecule has 0 radical (unpaired) electrons. The highest BCUT2D eigenvalue weighted by Crippen LogP contribution is 2.23. The molecule has 1 atom stereocenters. The second kappa shape index (κ2) is 6.51. The Morgan fingerprint density at radius 1 is 1.28 bits per heavy atom. The van der Waals surface area contributed by atoms with Crippen LogP contribution in [0.2, 0.25) is 0 Å². The van der Waals surface area contributed by atoms with E-state index in [4.69, 9.17) is 10.2 Å². The minimum atomic E-state index is -1.60. The van der Waals surface area contributed by atoms with E-state index < -0.39 is 18.0 Å². The number of alkyl halides is 1. The van der Waals surface area contributed by atoms with Gasteiger partial charge in [-0.25, -0.2) is 4.79 Å². The van der Waals surface area contributed by atoms with Crippen molar-refractivity contribution < 1.29 is 24.9 Å². The molecule has 0 aromatic heterocycles. The van der Waals surface area contributed by atoms with E-state index in [0.717, 1.165) is 0 Å². The van der Waals surface area contributed by atoms with Crippen LogP contribution in [0.4, 0.5) is 0 Å². The summed E-state index contributed by atoms with van der Waals surface area (Å²) < 4.78 is 0. The van der Waals surface area contributed by atoms with Gasteiger partial charge in [0.25, 0.3) is 0 Å². The summed E-state index contributed by atoms with van der Waals surface area (Å²) in [6.07, 6.45) is -1.32. The smallest absolute Gasteiger partial charge is 0.337 e. The third-order valence-electron chi connectivity index (χ3n) is 2.51. The molecular weight excluding hydrogens is 304 g/mol. The molecule has 1 unspecified atom stereocenters. The fourth-order valence-corrected chi connectivity index (χ4v) is 2.07. The lowest BCUT2D eigenvalue weighted by Crippen LogP contribution is -2.13. The molecule has 0 aliphatic carbocycles. The molecule has 0 spiro atoms. The molecule has 98 valence electrons. The lowest BCUT2D eigenvalue weighted by atomic mass is 9.98. The van der Waals surface area contributed by atoms with Gasteiger partial charge in [0.2, 0.25) is 0 Å². The Bertz CT molecular complexity index is 458. The van der Waals surface area contributed by atoms with E-state index in [1.807, 2.05) is 0 Å². The van der Waals surface area contributed by atoms with Crippen LogP contribution in [-0.4, -0.2) is 27.3 Å². The highest BCUT2D eigenvalue weighted by Gasteiger charge is 2.19. The number of carbonyl (C=O) groups is 2. The van der Waals surface area contributed by atoms with Crippen molar-refractivity contribution >= 4 is 27.9 Å². The van der Waals surface area contributed by atoms with Crippen molar-refractivity contribution in [1.29, 1.82) is 0 Å². The predicted octanol–water partition coefficient (Wildman–Crippen LogP) is 1.72. The minimum Gasteiger partial charge on any atom is -0.481 e. The Morgan fingerprint density at radius 2 is 1.94 bits per heavy atom. The number of carboxylic acids is 2. The van der Waals surface area contributed by atoms with E-state index in [2.05, 4.69) is 15.9 Å². The number of aryl methyl sites for hydroxylation is 1. The second-order valence-corrected chi connectivity index (χ2v) is 4.36. The van der Waals surface area contributed by atoms with Gasteiger partial charge in [-0.2, -0.15) is 0 Å². The number of aliphatic hydroxyl groups is 1. The van der Waals surface area contributed by atoms with Crippen LogP contribution in [0.25, 0.3) is 0 Å². The van der Waals surface area contributed by atoms with Crippen LogP contribution in [-0.2, 0) is 21.3 Å². The highest BCUT2D eigenvalue weighted by atomic mass is 79.9. The normalized spacial score (nSPS) is 12.1. The van der Waals surface area contributed by atoms with Gasteiger partial charge >= 0.3 is 11.9 Å². The fourth-order valence-electron chi connectivity index (χ4n) is 1.56. The van der Waals surface area contributed by atoms with Crippen molar-refractivity contribution in [3.05, 3.63) is 34.9 Å². The van der Waals surface area contributed by atoms with Crippen LogP contribution in [0.5, 0.6) is 0 Å². The average molecular weight is 317 g/mol. The maximum Gasteiger partial charge on any atom is 0.337 e. The van der Waals surface area contributed by atoms with Crippen LogP contribution in [0, 0.1) is 0 Å². The zero-order chi connectivity index (χ0) is 13.7. The highest BCUT2D eigenvalue weighted by molar-refractivity contribution is 9.08. The summed E-state index contributed by atoms with van der Waals surface area (Å²) in [6.45, 7) is 0. The Morgan fingerprint density at radius 3 is 2.44 bits per heavy atom. The molecule has 0 saturated heterocycles. The van der Waals surface area contributed by atoms with Crippen LogP contribution in [0.3, 0.4) is 0 Å². The molecule has 0 saturated carbocycles. The van der Waals surface area contributed by atoms with Gasteiger partial charge in [-0.3, -0.25) is 4.79 Å². The fraction of sp³-hybridized carbons (Fsp3) is 0.333. The van der Waals surface area contributed by atoms with E-state index in [9.17, 15) is 14.7 Å². The molecule has 0 heterocycles. The molecule has 0 aliphatic rings. The summed E-state index contributed by atoms with van der Waals surface area (Å²) >= 11 is 3.21. The summed E-state index contributed by atoms with van der Waals surface area (Å²) in [7, 11) is 0. The first-order chi connectivity index (χ1) is 8.45. The SMILES string of the molecule is O=C(O)CCc1ccc(CBr)c(C(O)C(=O)O)c1. The van der Waals surface area contributed by atoms with E-state index >= 15 is 0 Å². The molecule has 1 aromatic carbocycles. The molecule has 0 amide bonds. The van der Waals surface area contributed by atoms with E-state index in [1.54, 1.807) is 18.2 Å². The van der Waals surface area contributed by atoms with Crippen molar-refractivity contribution in [1.82, 2.24) is 0 Å². The van der Waals surface area contributed by atoms with Crippen LogP contribution >= 0.6 is 15.9 Å². The summed E-state index contributed by atoms with van der Waals surface area (Å²) in [5.41, 5.74) is 1.66. The summed E-state index contributed by atoms with van der Waals surface area (Å²) in [5, 5.41) is 27.4. The number of rotatable bonds is 6. The standard InChI is InChI=1S/C12H13BrO5/c13-6-8-3-1-7(2-4-10(14)15)5-9(8)11(16)12(17)18/h1,3,5,11,16H,2,4,6H2,(H,14,15)(H,17,18). The lowest BCUT2D eigenvalue weighted by Gasteiger charge is -2.12. The van der Waals surface area contributed by atoms with Gasteiger partial charge < -0.3 is 15.3 Å². The van der Waals surface area contributed by atoms with Crippen molar-refractivity contribution in [2.45, 2.75) is 24.3 Å². The molecule has 0 fully saturated rings. The lowest BCUT2D eigenvalue weighted by molar-refractivity contribution is -0.147. The average Bonchev–Trinajstić information content (AvgIpc) is 2.34. The van der Waals surface area contributed by atoms with Crippen molar-refractivity contribution in [2.24, 2.45) is 0 Å². The third kappa shape index (κ3) is 3.82. The third-order valence-corrected chi connectivity index (χ3v) is 3.11. The van der Waals surface area contributed by atoms with E-state index in [-0.39, 0.29) is 6.42 Å². The summed E-state index contributed by atoms with van der Waals surface area (Å²) in [6, 6.07) is 4.96. The topological polar surface area (TPSA) is 94.8 Å². The minimum absolute atomic E-state index is 0.0315. The Labute approximate surface area is 112 Å². The molecule has 0 aliphatic heterocycles. The van der Waals surface area contributed by atoms with Gasteiger partial charge in [0.05, 0.1) is 0 Å². The monoisotopic (exact) mass is 316 g/mol. The van der Waals surface area contributed by atoms with Gasteiger partial charge in [0.15, 0.2) is 6.10 Å². The number of hydrogen-bond donors (Lipinski definition) is 3. The maximum absolute atomic E-state index is 10.8. The maximum atomic E-state index is 10.8. The molecule has 1 rings (SSSR count). The molecule has 3 N–H and O–H groups in total. The molecule has 1 aromatic rings. The Kier molecular flexibility index (Phi) is 5.30. The molecular formula is C12H13BrO5. The van der Waals surface area contributed by atoms with Crippen LogP contribution in [0.15, 0.2) is 18.2 Å². The summed E-state index contributed by atoms with van der Waals surface area (Å²) in [5.74, 6) is -2.24. The van der Waals surface area contributed by atoms with Crippen LogP contribution < -0.4 is 0 Å². The molecule has 18 heavy (non-hydrogen) atoms.